The second kappa shape index (κ2) is 1.37. The zero-order valence-corrected chi connectivity index (χ0v) is 5.98. The smallest absolute Gasteiger partial charge is 0.217 e. The molecule has 10 heavy (non-hydrogen) atoms. The molecular formula is C7H11NO2. The summed E-state index contributed by atoms with van der Waals surface area (Å²) in [6.45, 7) is 1.52. The van der Waals surface area contributed by atoms with Crippen LogP contribution in [-0.4, -0.2) is 22.2 Å². The summed E-state index contributed by atoms with van der Waals surface area (Å²) in [6, 6.07) is 0. The highest BCUT2D eigenvalue weighted by atomic mass is 16.3. The Balaban J connectivity index is 1.93. The first-order chi connectivity index (χ1) is 4.54. The van der Waals surface area contributed by atoms with Crippen molar-refractivity contribution >= 4 is 5.91 Å². The molecule has 0 spiro atoms. The Bertz CT molecular complexity index is 180. The van der Waals surface area contributed by atoms with Gasteiger partial charge in [-0.15, -0.1) is 0 Å². The molecule has 0 aromatic rings. The van der Waals surface area contributed by atoms with Gasteiger partial charge >= 0.3 is 0 Å². The molecule has 3 rings (SSSR count). The fraction of sp³-hybridized carbons (Fsp3) is 0.857. The van der Waals surface area contributed by atoms with Crippen LogP contribution in [0.15, 0.2) is 0 Å². The van der Waals surface area contributed by atoms with Crippen molar-refractivity contribution in [3.8, 4) is 0 Å². The molecule has 0 heterocycles. The lowest BCUT2D eigenvalue weighted by Crippen LogP contribution is -2.78. The van der Waals surface area contributed by atoms with Gasteiger partial charge in [0.15, 0.2) is 0 Å². The average Bonchev–Trinajstić information content (AvgIpc) is 1.56. The van der Waals surface area contributed by atoms with Gasteiger partial charge in [-0.3, -0.25) is 4.79 Å². The van der Waals surface area contributed by atoms with Crippen LogP contribution in [0.1, 0.15) is 26.2 Å². The van der Waals surface area contributed by atoms with Crippen LogP contribution in [0.3, 0.4) is 0 Å². The molecule has 3 fully saturated rings. The Morgan fingerprint density at radius 2 is 2.00 bits per heavy atom. The lowest BCUT2D eigenvalue weighted by molar-refractivity contribution is -0.219. The quantitative estimate of drug-likeness (QED) is 0.531. The summed E-state index contributed by atoms with van der Waals surface area (Å²) in [5.74, 6) is 0.0155. The average molecular weight is 141 g/mol. The van der Waals surface area contributed by atoms with Crippen LogP contribution in [0, 0.1) is 0 Å². The zero-order valence-electron chi connectivity index (χ0n) is 5.98. The maximum atomic E-state index is 10.6. The monoisotopic (exact) mass is 141 g/mol. The summed E-state index contributed by atoms with van der Waals surface area (Å²) in [6.07, 6.45) is 2.29. The Morgan fingerprint density at radius 3 is 2.30 bits per heavy atom. The highest BCUT2D eigenvalue weighted by Crippen LogP contribution is 2.60. The van der Waals surface area contributed by atoms with Crippen LogP contribution in [-0.2, 0) is 4.79 Å². The molecule has 2 N–H and O–H groups in total. The minimum absolute atomic E-state index is 0.000579. The lowest BCUT2D eigenvalue weighted by Gasteiger charge is -2.67. The van der Waals surface area contributed by atoms with Crippen molar-refractivity contribution in [1.29, 1.82) is 0 Å². The molecule has 0 aliphatic heterocycles. The van der Waals surface area contributed by atoms with Gasteiger partial charge in [0.1, 0.15) is 0 Å². The van der Waals surface area contributed by atoms with Gasteiger partial charge in [-0.1, -0.05) is 0 Å². The van der Waals surface area contributed by atoms with Crippen molar-refractivity contribution in [2.24, 2.45) is 0 Å². The standard InChI is InChI=1S/C7H11NO2/c1-5(9)8-6-2-7(10,3-6)4-6/h10H,2-4H2,1H3,(H,8,9). The zero-order chi connectivity index (χ0) is 7.41. The van der Waals surface area contributed by atoms with Crippen LogP contribution >= 0.6 is 0 Å². The molecule has 1 amide bonds. The van der Waals surface area contributed by atoms with Crippen LogP contribution in [0.5, 0.6) is 0 Å². The molecule has 3 nitrogen and oxygen atoms in total. The molecule has 0 aromatic carbocycles. The van der Waals surface area contributed by atoms with E-state index in [0.29, 0.717) is 0 Å². The van der Waals surface area contributed by atoms with Crippen molar-refractivity contribution in [2.75, 3.05) is 0 Å². The molecule has 0 unspecified atom stereocenters. The summed E-state index contributed by atoms with van der Waals surface area (Å²) >= 11 is 0. The number of aliphatic hydroxyl groups is 1. The third-order valence-corrected chi connectivity index (χ3v) is 2.44. The predicted molar refractivity (Wildman–Crippen MR) is 35.3 cm³/mol. The number of nitrogens with one attached hydrogen (secondary N) is 1. The normalized spacial score (nSPS) is 49.0. The number of hydrogen-bond donors (Lipinski definition) is 2. The van der Waals surface area contributed by atoms with Gasteiger partial charge in [0, 0.05) is 12.5 Å². The van der Waals surface area contributed by atoms with Gasteiger partial charge in [-0.2, -0.15) is 0 Å². The highest BCUT2D eigenvalue weighted by molar-refractivity contribution is 5.74. The van der Waals surface area contributed by atoms with Gasteiger partial charge in [0.2, 0.25) is 5.91 Å². The molecule has 3 aliphatic carbocycles. The first-order valence-electron chi connectivity index (χ1n) is 3.55. The van der Waals surface area contributed by atoms with Crippen molar-refractivity contribution < 1.29 is 9.90 Å². The summed E-state index contributed by atoms with van der Waals surface area (Å²) < 4.78 is 0. The van der Waals surface area contributed by atoms with Gasteiger partial charge in [-0.05, 0) is 19.3 Å². The first-order valence-corrected chi connectivity index (χ1v) is 3.55. The number of amides is 1. The van der Waals surface area contributed by atoms with E-state index in [1.54, 1.807) is 0 Å². The fourth-order valence-electron chi connectivity index (χ4n) is 2.24. The van der Waals surface area contributed by atoms with Gasteiger partial charge < -0.3 is 10.4 Å². The molecule has 0 aromatic heterocycles. The van der Waals surface area contributed by atoms with E-state index in [1.807, 2.05) is 0 Å². The highest BCUT2D eigenvalue weighted by Gasteiger charge is 2.67. The summed E-state index contributed by atoms with van der Waals surface area (Å²) in [4.78, 5) is 10.6. The molecule has 0 saturated heterocycles. The Morgan fingerprint density at radius 1 is 1.50 bits per heavy atom. The molecule has 0 radical (unpaired) electrons. The third kappa shape index (κ3) is 0.611. The largest absolute Gasteiger partial charge is 0.390 e. The van der Waals surface area contributed by atoms with Crippen molar-refractivity contribution in [3.63, 3.8) is 0 Å². The second-order valence-corrected chi connectivity index (χ2v) is 3.72. The first kappa shape index (κ1) is 6.16. The molecule has 2 bridgehead atoms. The van der Waals surface area contributed by atoms with E-state index in [1.165, 1.54) is 6.92 Å². The summed E-state index contributed by atoms with van der Waals surface area (Å²) in [5.41, 5.74) is -0.400. The summed E-state index contributed by atoms with van der Waals surface area (Å²) in [7, 11) is 0. The number of rotatable bonds is 1. The number of carbonyl (C=O) groups is 1. The van der Waals surface area contributed by atoms with E-state index in [9.17, 15) is 9.90 Å². The maximum absolute atomic E-state index is 10.6. The van der Waals surface area contributed by atoms with Crippen molar-refractivity contribution in [1.82, 2.24) is 5.32 Å². The molecule has 0 atom stereocenters. The Labute approximate surface area is 59.4 Å². The van der Waals surface area contributed by atoms with Crippen LogP contribution in [0.2, 0.25) is 0 Å². The van der Waals surface area contributed by atoms with E-state index < -0.39 is 5.60 Å². The summed E-state index contributed by atoms with van der Waals surface area (Å²) in [5, 5.41) is 12.2. The van der Waals surface area contributed by atoms with Crippen LogP contribution in [0.25, 0.3) is 0 Å². The number of hydrogen-bond acceptors (Lipinski definition) is 2. The van der Waals surface area contributed by atoms with E-state index >= 15 is 0 Å². The minimum Gasteiger partial charge on any atom is -0.390 e. The SMILES string of the molecule is CC(=O)NC12CC(O)(C1)C2. The lowest BCUT2D eigenvalue weighted by atomic mass is 9.46. The Kier molecular flexibility index (Phi) is 0.844. The fourth-order valence-corrected chi connectivity index (χ4v) is 2.24. The van der Waals surface area contributed by atoms with Crippen LogP contribution in [0.4, 0.5) is 0 Å². The van der Waals surface area contributed by atoms with E-state index in [4.69, 9.17) is 0 Å². The topological polar surface area (TPSA) is 49.3 Å². The Hall–Kier alpha value is -0.570. The molecule has 56 valence electrons. The van der Waals surface area contributed by atoms with E-state index in [0.717, 1.165) is 19.3 Å². The van der Waals surface area contributed by atoms with E-state index in [-0.39, 0.29) is 11.4 Å². The van der Waals surface area contributed by atoms with Crippen molar-refractivity contribution in [2.45, 2.75) is 37.3 Å². The van der Waals surface area contributed by atoms with Gasteiger partial charge in [-0.25, -0.2) is 0 Å². The molecule has 3 heteroatoms. The minimum atomic E-state index is -0.400. The van der Waals surface area contributed by atoms with Crippen LogP contribution < -0.4 is 5.32 Å². The van der Waals surface area contributed by atoms with E-state index in [2.05, 4.69) is 5.32 Å². The van der Waals surface area contributed by atoms with Gasteiger partial charge in [0.05, 0.1) is 5.60 Å². The third-order valence-electron chi connectivity index (χ3n) is 2.44. The molecule has 3 saturated carbocycles. The maximum Gasteiger partial charge on any atom is 0.217 e. The molecular weight excluding hydrogens is 130 g/mol. The number of carbonyl (C=O) groups excluding carboxylic acids is 1. The predicted octanol–water partition coefficient (Wildman–Crippen LogP) is -0.210. The molecule has 3 aliphatic rings. The second-order valence-electron chi connectivity index (χ2n) is 3.72. The van der Waals surface area contributed by atoms with Crippen molar-refractivity contribution in [3.05, 3.63) is 0 Å². The van der Waals surface area contributed by atoms with Gasteiger partial charge in [0.25, 0.3) is 0 Å².